The number of hydrogen-bond acceptors (Lipinski definition) is 6. The molecule has 96 valence electrons. The highest BCUT2D eigenvalue weighted by Gasteiger charge is 2.49. The molecule has 1 fully saturated rings. The minimum atomic E-state index is -5.73. The molecule has 1 heterocycles. The fourth-order valence-corrected chi connectivity index (χ4v) is 2.40. The number of rotatable bonds is 2. The first-order valence-electron chi connectivity index (χ1n) is 3.62. The maximum absolute atomic E-state index is 11.9. The van der Waals surface area contributed by atoms with Gasteiger partial charge in [0.2, 0.25) is 0 Å². The van der Waals surface area contributed by atoms with Crippen LogP contribution in [0.1, 0.15) is 0 Å². The zero-order valence-electron chi connectivity index (χ0n) is 7.31. The first-order valence-corrected chi connectivity index (χ1v) is 7.47. The number of halogens is 4. The first-order chi connectivity index (χ1) is 7.04. The van der Waals surface area contributed by atoms with Crippen molar-refractivity contribution in [3.05, 3.63) is 0 Å². The van der Waals surface area contributed by atoms with E-state index in [1.54, 1.807) is 0 Å². The SMILES string of the molecule is O=P1(Cl)OCC(OS(=O)(=O)C(F)(F)F)CO1. The van der Waals surface area contributed by atoms with E-state index in [2.05, 4.69) is 13.2 Å². The smallest absolute Gasteiger partial charge is 0.294 e. The fourth-order valence-electron chi connectivity index (χ4n) is 0.719. The minimum Gasteiger partial charge on any atom is -0.294 e. The molecule has 1 aliphatic heterocycles. The lowest BCUT2D eigenvalue weighted by molar-refractivity contribution is -0.0628. The summed E-state index contributed by atoms with van der Waals surface area (Å²) in [6, 6.07) is 0. The average molecular weight is 305 g/mol. The summed E-state index contributed by atoms with van der Waals surface area (Å²) < 4.78 is 79.8. The Labute approximate surface area is 93.1 Å². The molecule has 1 aliphatic rings. The second kappa shape index (κ2) is 4.43. The third kappa shape index (κ3) is 3.57. The number of alkyl halides is 3. The van der Waals surface area contributed by atoms with Crippen LogP contribution >= 0.6 is 18.2 Å². The van der Waals surface area contributed by atoms with Crippen molar-refractivity contribution in [2.45, 2.75) is 11.6 Å². The maximum atomic E-state index is 11.9. The lowest BCUT2D eigenvalue weighted by atomic mass is 10.4. The molecule has 0 aliphatic carbocycles. The molecular formula is C4H5ClF3O6PS. The molecule has 0 radical (unpaired) electrons. The monoisotopic (exact) mass is 304 g/mol. The molecule has 0 atom stereocenters. The van der Waals surface area contributed by atoms with Crippen LogP contribution in [0.2, 0.25) is 0 Å². The Balaban J connectivity index is 2.62. The quantitative estimate of drug-likeness (QED) is 0.438. The van der Waals surface area contributed by atoms with Crippen molar-refractivity contribution in [3.8, 4) is 0 Å². The van der Waals surface area contributed by atoms with Gasteiger partial charge in [-0.2, -0.15) is 21.6 Å². The Bertz CT molecular complexity index is 394. The summed E-state index contributed by atoms with van der Waals surface area (Å²) in [5.74, 6) is 0. The molecule has 0 aromatic carbocycles. The van der Waals surface area contributed by atoms with Crippen molar-refractivity contribution >= 4 is 28.3 Å². The van der Waals surface area contributed by atoms with Crippen molar-refractivity contribution in [2.24, 2.45) is 0 Å². The fraction of sp³-hybridized carbons (Fsp3) is 1.00. The predicted octanol–water partition coefficient (Wildman–Crippen LogP) is 1.61. The van der Waals surface area contributed by atoms with Crippen molar-refractivity contribution in [1.29, 1.82) is 0 Å². The van der Waals surface area contributed by atoms with E-state index in [-0.39, 0.29) is 0 Å². The largest absolute Gasteiger partial charge is 0.523 e. The van der Waals surface area contributed by atoms with Crippen molar-refractivity contribution < 1.29 is 39.4 Å². The minimum absolute atomic E-state index is 0.671. The number of hydrogen-bond donors (Lipinski definition) is 0. The van der Waals surface area contributed by atoms with Gasteiger partial charge in [0.25, 0.3) is 0 Å². The van der Waals surface area contributed by atoms with Crippen LogP contribution in [0.25, 0.3) is 0 Å². The lowest BCUT2D eigenvalue weighted by Gasteiger charge is -2.24. The third-order valence-corrected chi connectivity index (χ3v) is 3.97. The van der Waals surface area contributed by atoms with Crippen LogP contribution in [-0.4, -0.2) is 33.2 Å². The van der Waals surface area contributed by atoms with Gasteiger partial charge in [-0.15, -0.1) is 0 Å². The van der Waals surface area contributed by atoms with Crippen LogP contribution in [0, 0.1) is 0 Å². The van der Waals surface area contributed by atoms with Gasteiger partial charge in [-0.1, -0.05) is 0 Å². The highest BCUT2D eigenvalue weighted by Crippen LogP contribution is 2.55. The molecule has 0 aromatic rings. The van der Waals surface area contributed by atoms with Gasteiger partial charge < -0.3 is 0 Å². The van der Waals surface area contributed by atoms with E-state index in [0.717, 1.165) is 0 Å². The summed E-state index contributed by atoms with van der Waals surface area (Å²) in [5.41, 5.74) is -5.53. The van der Waals surface area contributed by atoms with Crippen LogP contribution in [0.4, 0.5) is 13.2 Å². The van der Waals surface area contributed by atoms with E-state index in [4.69, 9.17) is 11.2 Å². The molecule has 6 nitrogen and oxygen atoms in total. The maximum Gasteiger partial charge on any atom is 0.523 e. The zero-order chi connectivity index (χ0) is 12.6. The highest BCUT2D eigenvalue weighted by molar-refractivity contribution is 7.87. The van der Waals surface area contributed by atoms with Crippen LogP contribution in [0.3, 0.4) is 0 Å². The van der Waals surface area contributed by atoms with Crippen molar-refractivity contribution in [1.82, 2.24) is 0 Å². The standard InChI is InChI=1S/C4H5ClF3O6PS/c5-15(9)12-1-3(2-13-15)14-16(10,11)4(6,7)8/h3H,1-2H2. The normalized spacial score (nSPS) is 32.6. The van der Waals surface area contributed by atoms with Gasteiger partial charge in [-0.25, -0.2) is 4.57 Å². The van der Waals surface area contributed by atoms with E-state index in [1.165, 1.54) is 0 Å². The van der Waals surface area contributed by atoms with E-state index in [9.17, 15) is 26.2 Å². The molecule has 16 heavy (non-hydrogen) atoms. The van der Waals surface area contributed by atoms with Gasteiger partial charge >= 0.3 is 22.6 Å². The van der Waals surface area contributed by atoms with E-state index >= 15 is 0 Å². The molecular weight excluding hydrogens is 300 g/mol. The summed E-state index contributed by atoms with van der Waals surface area (Å²) in [5, 5.41) is 0. The highest BCUT2D eigenvalue weighted by atomic mass is 35.7. The second-order valence-electron chi connectivity index (χ2n) is 2.64. The molecule has 0 spiro atoms. The molecule has 0 bridgehead atoms. The molecule has 0 saturated carbocycles. The Morgan fingerprint density at radius 3 is 2.12 bits per heavy atom. The van der Waals surface area contributed by atoms with E-state index in [1.807, 2.05) is 0 Å². The zero-order valence-corrected chi connectivity index (χ0v) is 9.78. The molecule has 0 N–H and O–H groups in total. The Morgan fingerprint density at radius 2 is 1.75 bits per heavy atom. The van der Waals surface area contributed by atoms with E-state index < -0.39 is 41.9 Å². The van der Waals surface area contributed by atoms with Crippen LogP contribution < -0.4 is 0 Å². The van der Waals surface area contributed by atoms with Crippen LogP contribution in [0.5, 0.6) is 0 Å². The van der Waals surface area contributed by atoms with Gasteiger partial charge in [0, 0.05) is 11.2 Å². The Morgan fingerprint density at radius 1 is 1.31 bits per heavy atom. The van der Waals surface area contributed by atoms with Gasteiger partial charge in [-0.05, 0) is 0 Å². The molecule has 12 heteroatoms. The van der Waals surface area contributed by atoms with Crippen LogP contribution in [-0.2, 0) is 27.9 Å². The molecule has 0 unspecified atom stereocenters. The Hall–Kier alpha value is 0.140. The summed E-state index contributed by atoms with van der Waals surface area (Å²) >= 11 is 5.08. The third-order valence-electron chi connectivity index (χ3n) is 1.38. The summed E-state index contributed by atoms with van der Waals surface area (Å²) in [4.78, 5) is 0. The lowest BCUT2D eigenvalue weighted by Crippen LogP contribution is -2.36. The summed E-state index contributed by atoms with van der Waals surface area (Å²) in [6.45, 7) is -5.16. The van der Waals surface area contributed by atoms with Gasteiger partial charge in [0.1, 0.15) is 6.10 Å². The molecule has 0 amide bonds. The summed E-state index contributed by atoms with van der Waals surface area (Å²) in [6.07, 6.45) is -1.53. The topological polar surface area (TPSA) is 78.9 Å². The van der Waals surface area contributed by atoms with E-state index in [0.29, 0.717) is 0 Å². The molecule has 1 rings (SSSR count). The van der Waals surface area contributed by atoms with Gasteiger partial charge in [-0.3, -0.25) is 13.2 Å². The summed E-state index contributed by atoms with van der Waals surface area (Å²) in [7, 11) is -5.73. The second-order valence-corrected chi connectivity index (χ2v) is 6.82. The molecule has 1 saturated heterocycles. The van der Waals surface area contributed by atoms with Gasteiger partial charge in [0.15, 0.2) is 0 Å². The average Bonchev–Trinajstić information content (AvgIpc) is 2.06. The van der Waals surface area contributed by atoms with Gasteiger partial charge in [0.05, 0.1) is 13.2 Å². The predicted molar refractivity (Wildman–Crippen MR) is 45.2 cm³/mol. The van der Waals surface area contributed by atoms with Crippen LogP contribution in [0.15, 0.2) is 0 Å². The molecule has 0 aromatic heterocycles. The van der Waals surface area contributed by atoms with Crippen molar-refractivity contribution in [2.75, 3.05) is 13.2 Å². The Kier molecular flexibility index (Phi) is 3.93. The first kappa shape index (κ1) is 14.2. The van der Waals surface area contributed by atoms with Crippen molar-refractivity contribution in [3.63, 3.8) is 0 Å².